The molecule has 0 aliphatic heterocycles. The van der Waals surface area contributed by atoms with E-state index in [2.05, 4.69) is 47.8 Å². The fraction of sp³-hybridized carbons (Fsp3) is 0.240. The predicted octanol–water partition coefficient (Wildman–Crippen LogP) is 5.52. The van der Waals surface area contributed by atoms with E-state index in [1.54, 1.807) is 7.11 Å². The first-order valence-corrected chi connectivity index (χ1v) is 9.93. The number of benzene rings is 3. The van der Waals surface area contributed by atoms with Gasteiger partial charge in [0.15, 0.2) is 17.3 Å². The minimum atomic E-state index is 0.215. The number of carbonyl (C=O) groups is 1. The average molecular weight is 387 g/mol. The normalized spacial score (nSPS) is 13.8. The van der Waals surface area contributed by atoms with E-state index in [1.807, 2.05) is 25.1 Å². The van der Waals surface area contributed by atoms with Crippen LogP contribution in [0, 0.1) is 0 Å². The summed E-state index contributed by atoms with van der Waals surface area (Å²) in [7, 11) is 1.64. The summed E-state index contributed by atoms with van der Waals surface area (Å²) in [6, 6.07) is 20.5. The van der Waals surface area contributed by atoms with Gasteiger partial charge in [0.25, 0.3) is 0 Å². The van der Waals surface area contributed by atoms with E-state index in [4.69, 9.17) is 9.47 Å². The van der Waals surface area contributed by atoms with Crippen molar-refractivity contribution in [2.24, 2.45) is 0 Å². The molecule has 0 heterocycles. The summed E-state index contributed by atoms with van der Waals surface area (Å²) in [6.45, 7) is 2.43. The summed E-state index contributed by atoms with van der Waals surface area (Å²) in [6.07, 6.45) is 2.15. The molecular weight excluding hydrogens is 362 g/mol. The number of carbonyl (C=O) groups excluding carboxylic acids is 1. The number of Topliss-reactive ketones (excluding diaryl/α,β-unsaturated/α-hetero) is 1. The van der Waals surface area contributed by atoms with Gasteiger partial charge in [0, 0.05) is 35.9 Å². The maximum absolute atomic E-state index is 11.8. The summed E-state index contributed by atoms with van der Waals surface area (Å²) in [5.74, 6) is 1.61. The summed E-state index contributed by atoms with van der Waals surface area (Å²) < 4.78 is 11.5. The molecule has 4 heteroatoms. The Morgan fingerprint density at radius 1 is 0.966 bits per heavy atom. The summed E-state index contributed by atoms with van der Waals surface area (Å²) in [5, 5.41) is 5.87. The quantitative estimate of drug-likeness (QED) is 0.580. The van der Waals surface area contributed by atoms with E-state index in [-0.39, 0.29) is 5.78 Å². The topological polar surface area (TPSA) is 47.6 Å². The standard InChI is InChI=1S/C25H25NO3/c1-17-22(11-12-23(17)27)26-20-10-13-24(28-2)25(16-20)29-15-14-19-8-5-7-18-6-3-4-9-21(18)19/h3-10,13,16,26H,11-12,14-15H2,1-2H3. The zero-order valence-electron chi connectivity index (χ0n) is 16.8. The molecule has 0 unspecified atom stereocenters. The molecule has 0 spiro atoms. The van der Waals surface area contributed by atoms with Gasteiger partial charge in [-0.25, -0.2) is 0 Å². The molecule has 0 saturated heterocycles. The summed E-state index contributed by atoms with van der Waals surface area (Å²) in [4.78, 5) is 11.8. The van der Waals surface area contributed by atoms with Gasteiger partial charge in [0.1, 0.15) is 0 Å². The number of anilines is 1. The van der Waals surface area contributed by atoms with E-state index in [0.29, 0.717) is 24.5 Å². The molecule has 148 valence electrons. The van der Waals surface area contributed by atoms with Crippen LogP contribution in [0.2, 0.25) is 0 Å². The van der Waals surface area contributed by atoms with Crippen LogP contribution >= 0.6 is 0 Å². The number of nitrogens with one attached hydrogen (secondary N) is 1. The number of hydrogen-bond acceptors (Lipinski definition) is 4. The first kappa shape index (κ1) is 19.1. The van der Waals surface area contributed by atoms with Gasteiger partial charge in [-0.2, -0.15) is 0 Å². The number of ketones is 1. The van der Waals surface area contributed by atoms with Crippen molar-refractivity contribution in [2.75, 3.05) is 19.0 Å². The minimum absolute atomic E-state index is 0.215. The molecule has 1 aliphatic carbocycles. The number of hydrogen-bond donors (Lipinski definition) is 1. The molecule has 0 atom stereocenters. The summed E-state index contributed by atoms with van der Waals surface area (Å²) in [5.41, 5.74) is 3.97. The van der Waals surface area contributed by atoms with Crippen molar-refractivity contribution in [3.05, 3.63) is 77.5 Å². The third kappa shape index (κ3) is 4.11. The minimum Gasteiger partial charge on any atom is -0.493 e. The Morgan fingerprint density at radius 3 is 2.59 bits per heavy atom. The van der Waals surface area contributed by atoms with E-state index in [9.17, 15) is 4.79 Å². The van der Waals surface area contributed by atoms with Crippen molar-refractivity contribution in [3.8, 4) is 11.5 Å². The number of ether oxygens (including phenoxy) is 2. The Morgan fingerprint density at radius 2 is 1.79 bits per heavy atom. The average Bonchev–Trinajstić information content (AvgIpc) is 3.06. The first-order valence-electron chi connectivity index (χ1n) is 9.93. The van der Waals surface area contributed by atoms with Gasteiger partial charge >= 0.3 is 0 Å². The molecular formula is C25H25NO3. The van der Waals surface area contributed by atoms with Crippen molar-refractivity contribution >= 4 is 22.2 Å². The zero-order valence-corrected chi connectivity index (χ0v) is 16.8. The highest BCUT2D eigenvalue weighted by molar-refractivity contribution is 5.98. The van der Waals surface area contributed by atoms with Crippen LogP contribution in [0.25, 0.3) is 10.8 Å². The van der Waals surface area contributed by atoms with Crippen LogP contribution in [0.4, 0.5) is 5.69 Å². The second-order valence-corrected chi connectivity index (χ2v) is 7.25. The van der Waals surface area contributed by atoms with E-state index >= 15 is 0 Å². The number of allylic oxidation sites excluding steroid dienone is 2. The molecule has 1 aliphatic rings. The molecule has 4 nitrogen and oxygen atoms in total. The van der Waals surface area contributed by atoms with Gasteiger partial charge in [-0.05, 0) is 41.8 Å². The zero-order chi connectivity index (χ0) is 20.2. The van der Waals surface area contributed by atoms with E-state index < -0.39 is 0 Å². The second-order valence-electron chi connectivity index (χ2n) is 7.25. The van der Waals surface area contributed by atoms with Crippen LogP contribution < -0.4 is 14.8 Å². The van der Waals surface area contributed by atoms with E-state index in [1.165, 1.54) is 16.3 Å². The van der Waals surface area contributed by atoms with Crippen molar-refractivity contribution in [3.63, 3.8) is 0 Å². The smallest absolute Gasteiger partial charge is 0.163 e. The van der Waals surface area contributed by atoms with Gasteiger partial charge in [0.2, 0.25) is 0 Å². The van der Waals surface area contributed by atoms with Gasteiger partial charge in [-0.15, -0.1) is 0 Å². The molecule has 0 bridgehead atoms. The molecule has 0 saturated carbocycles. The lowest BCUT2D eigenvalue weighted by Gasteiger charge is -2.15. The van der Waals surface area contributed by atoms with E-state index in [0.717, 1.165) is 29.8 Å². The largest absolute Gasteiger partial charge is 0.493 e. The van der Waals surface area contributed by atoms with Crippen LogP contribution in [0.15, 0.2) is 71.9 Å². The highest BCUT2D eigenvalue weighted by atomic mass is 16.5. The Balaban J connectivity index is 1.48. The number of rotatable bonds is 7. The van der Waals surface area contributed by atoms with Crippen LogP contribution in [-0.2, 0) is 11.2 Å². The van der Waals surface area contributed by atoms with Gasteiger partial charge in [0.05, 0.1) is 13.7 Å². The Hall–Kier alpha value is -3.27. The molecule has 1 N–H and O–H groups in total. The maximum Gasteiger partial charge on any atom is 0.163 e. The Kier molecular flexibility index (Phi) is 5.52. The lowest BCUT2D eigenvalue weighted by Crippen LogP contribution is -2.04. The van der Waals surface area contributed by atoms with Crippen molar-refractivity contribution < 1.29 is 14.3 Å². The molecule has 3 aromatic carbocycles. The highest BCUT2D eigenvalue weighted by Gasteiger charge is 2.19. The van der Waals surface area contributed by atoms with Gasteiger partial charge < -0.3 is 14.8 Å². The second kappa shape index (κ2) is 8.39. The fourth-order valence-corrected chi connectivity index (χ4v) is 3.76. The molecule has 0 fully saturated rings. The molecule has 29 heavy (non-hydrogen) atoms. The number of fused-ring (bicyclic) bond motifs is 1. The van der Waals surface area contributed by atoms with Crippen LogP contribution in [0.5, 0.6) is 11.5 Å². The molecule has 0 radical (unpaired) electrons. The van der Waals surface area contributed by atoms with Gasteiger partial charge in [-0.3, -0.25) is 4.79 Å². The van der Waals surface area contributed by atoms with Crippen LogP contribution in [0.1, 0.15) is 25.3 Å². The fourth-order valence-electron chi connectivity index (χ4n) is 3.76. The number of methoxy groups -OCH3 is 1. The predicted molar refractivity (Wildman–Crippen MR) is 117 cm³/mol. The lowest BCUT2D eigenvalue weighted by atomic mass is 10.0. The molecule has 4 rings (SSSR count). The van der Waals surface area contributed by atoms with Gasteiger partial charge in [-0.1, -0.05) is 42.5 Å². The first-order chi connectivity index (χ1) is 14.2. The molecule has 0 amide bonds. The SMILES string of the molecule is COc1ccc(NC2=C(C)C(=O)CC2)cc1OCCc1cccc2ccccc12. The molecule has 0 aromatic heterocycles. The third-order valence-electron chi connectivity index (χ3n) is 5.44. The summed E-state index contributed by atoms with van der Waals surface area (Å²) >= 11 is 0. The van der Waals surface area contributed by atoms with Crippen LogP contribution in [0.3, 0.4) is 0 Å². The lowest BCUT2D eigenvalue weighted by molar-refractivity contribution is -0.114. The van der Waals surface area contributed by atoms with Crippen molar-refractivity contribution in [1.82, 2.24) is 0 Å². The monoisotopic (exact) mass is 387 g/mol. The van der Waals surface area contributed by atoms with Crippen LogP contribution in [-0.4, -0.2) is 19.5 Å². The van der Waals surface area contributed by atoms with Crippen molar-refractivity contribution in [1.29, 1.82) is 0 Å². The third-order valence-corrected chi connectivity index (χ3v) is 5.44. The van der Waals surface area contributed by atoms with Crippen molar-refractivity contribution in [2.45, 2.75) is 26.2 Å². The highest BCUT2D eigenvalue weighted by Crippen LogP contribution is 2.33. The Labute approximate surface area is 171 Å². The Bertz CT molecular complexity index is 1080. The molecule has 3 aromatic rings. The maximum atomic E-state index is 11.8.